The molecule has 1 amide bonds. The van der Waals surface area contributed by atoms with E-state index in [9.17, 15) is 14.7 Å². The minimum absolute atomic E-state index is 0.0224. The van der Waals surface area contributed by atoms with Crippen molar-refractivity contribution in [3.63, 3.8) is 0 Å². The first-order valence-corrected chi connectivity index (χ1v) is 14.4. The van der Waals surface area contributed by atoms with Gasteiger partial charge < -0.3 is 14.9 Å². The van der Waals surface area contributed by atoms with Crippen molar-refractivity contribution >= 4 is 22.6 Å². The summed E-state index contributed by atoms with van der Waals surface area (Å²) in [5.74, 6) is -2.31. The Morgan fingerprint density at radius 2 is 1.72 bits per heavy atom. The van der Waals surface area contributed by atoms with Gasteiger partial charge in [-0.15, -0.1) is 0 Å². The van der Waals surface area contributed by atoms with Crippen LogP contribution in [0.5, 0.6) is 5.75 Å². The molecule has 5 rings (SSSR count). The van der Waals surface area contributed by atoms with E-state index in [4.69, 9.17) is 0 Å². The average molecular weight is 588 g/mol. The van der Waals surface area contributed by atoms with Crippen LogP contribution in [0.15, 0.2) is 60.0 Å². The summed E-state index contributed by atoms with van der Waals surface area (Å²) in [4.78, 5) is 38.7. The van der Waals surface area contributed by atoms with Crippen molar-refractivity contribution in [1.29, 1.82) is 0 Å². The number of rotatable bonds is 6. The molecule has 1 saturated heterocycles. The van der Waals surface area contributed by atoms with Crippen molar-refractivity contribution in [3.05, 3.63) is 88.5 Å². The third-order valence-electron chi connectivity index (χ3n) is 8.03. The number of anilines is 1. The lowest BCUT2D eigenvalue weighted by Crippen LogP contribution is -2.54. The fourth-order valence-corrected chi connectivity index (χ4v) is 5.88. The number of aromatic hydroxyl groups is 1. The highest BCUT2D eigenvalue weighted by Gasteiger charge is 2.32. The van der Waals surface area contributed by atoms with Crippen LogP contribution in [0.2, 0.25) is 0 Å². The number of pyridine rings is 1. The quantitative estimate of drug-likeness (QED) is 0.283. The van der Waals surface area contributed by atoms with Gasteiger partial charge in [-0.1, -0.05) is 58.5 Å². The van der Waals surface area contributed by atoms with Gasteiger partial charge in [0, 0.05) is 31.9 Å². The second kappa shape index (κ2) is 11.6. The molecule has 1 unspecified atom stereocenters. The number of aromatic nitrogens is 3. The number of fused-ring (bicyclic) bond motifs is 1. The highest BCUT2D eigenvalue weighted by atomic mass is 19.1. The molecule has 4 aromatic rings. The van der Waals surface area contributed by atoms with Gasteiger partial charge in [0.2, 0.25) is 5.91 Å². The lowest BCUT2D eigenvalue weighted by molar-refractivity contribution is -0.126. The second-order valence-electron chi connectivity index (χ2n) is 11.5. The highest BCUT2D eigenvalue weighted by Crippen LogP contribution is 2.39. The molecule has 0 aliphatic carbocycles. The fourth-order valence-electron chi connectivity index (χ4n) is 5.88. The zero-order valence-corrected chi connectivity index (χ0v) is 24.9. The van der Waals surface area contributed by atoms with Crippen LogP contribution in [0.25, 0.3) is 27.8 Å². The number of amides is 1. The molecule has 2 aromatic heterocycles. The Bertz CT molecular complexity index is 1750. The molecular weight excluding hydrogens is 552 g/mol. The van der Waals surface area contributed by atoms with Crippen molar-refractivity contribution in [2.24, 2.45) is 0 Å². The van der Waals surface area contributed by atoms with Gasteiger partial charge >= 0.3 is 5.69 Å². The van der Waals surface area contributed by atoms with Crippen LogP contribution in [0.3, 0.4) is 0 Å². The number of nitrogens with zero attached hydrogens (tertiary/aromatic N) is 5. The summed E-state index contributed by atoms with van der Waals surface area (Å²) < 4.78 is 33.2. The Morgan fingerprint density at radius 3 is 2.30 bits per heavy atom. The van der Waals surface area contributed by atoms with Gasteiger partial charge in [-0.05, 0) is 48.1 Å². The Kier molecular flexibility index (Phi) is 8.05. The maximum absolute atomic E-state index is 17.0. The number of hydrogen-bond donors (Lipinski definition) is 1. The molecule has 0 saturated carbocycles. The molecule has 1 N–H and O–H groups in total. The topological polar surface area (TPSA) is 91.6 Å². The largest absolute Gasteiger partial charge is 0.507 e. The smallest absolute Gasteiger partial charge is 0.354 e. The molecule has 2 aromatic carbocycles. The normalized spacial score (nSPS) is 15.5. The summed E-state index contributed by atoms with van der Waals surface area (Å²) in [5, 5.41) is 10.8. The first-order valence-electron chi connectivity index (χ1n) is 14.4. The summed E-state index contributed by atoms with van der Waals surface area (Å²) in [6, 6.07) is 9.13. The lowest BCUT2D eigenvalue weighted by Gasteiger charge is -2.40. The van der Waals surface area contributed by atoms with E-state index >= 15 is 8.78 Å². The first-order chi connectivity index (χ1) is 20.5. The van der Waals surface area contributed by atoms with Crippen molar-refractivity contribution in [2.75, 3.05) is 24.5 Å². The maximum atomic E-state index is 17.0. The number of halogens is 2. The van der Waals surface area contributed by atoms with E-state index in [2.05, 4.69) is 16.5 Å². The molecule has 8 nitrogen and oxygen atoms in total. The Labute approximate surface area is 248 Å². The predicted octanol–water partition coefficient (Wildman–Crippen LogP) is 5.90. The average Bonchev–Trinajstić information content (AvgIpc) is 2.97. The van der Waals surface area contributed by atoms with Crippen LogP contribution in [0, 0.1) is 11.6 Å². The molecule has 1 atom stereocenters. The van der Waals surface area contributed by atoms with E-state index in [0.717, 1.165) is 17.2 Å². The van der Waals surface area contributed by atoms with Gasteiger partial charge in [0.1, 0.15) is 28.6 Å². The van der Waals surface area contributed by atoms with Gasteiger partial charge in [-0.2, -0.15) is 4.98 Å². The molecular formula is C33H35F2N5O3. The van der Waals surface area contributed by atoms with Gasteiger partial charge in [-0.3, -0.25) is 14.3 Å². The van der Waals surface area contributed by atoms with Crippen LogP contribution < -0.4 is 10.6 Å². The van der Waals surface area contributed by atoms with E-state index < -0.39 is 34.3 Å². The number of benzene rings is 2. The molecule has 1 aliphatic heterocycles. The summed E-state index contributed by atoms with van der Waals surface area (Å²) in [7, 11) is 0. The molecule has 10 heteroatoms. The van der Waals surface area contributed by atoms with E-state index in [0.29, 0.717) is 25.3 Å². The molecule has 43 heavy (non-hydrogen) atoms. The van der Waals surface area contributed by atoms with Crippen LogP contribution in [0.4, 0.5) is 14.6 Å². The van der Waals surface area contributed by atoms with Crippen LogP contribution in [0.1, 0.15) is 57.6 Å². The van der Waals surface area contributed by atoms with E-state index in [1.165, 1.54) is 29.0 Å². The molecule has 224 valence electrons. The Balaban J connectivity index is 1.87. The molecule has 0 bridgehead atoms. The number of phenolic OH excluding ortho intramolecular Hbond substituents is 1. The summed E-state index contributed by atoms with van der Waals surface area (Å²) >= 11 is 0. The van der Waals surface area contributed by atoms with Gasteiger partial charge in [-0.25, -0.2) is 13.6 Å². The van der Waals surface area contributed by atoms with Gasteiger partial charge in [0.15, 0.2) is 5.82 Å². The molecule has 3 heterocycles. The first kappa shape index (κ1) is 29.9. The van der Waals surface area contributed by atoms with Crippen LogP contribution in [-0.2, 0) is 4.79 Å². The van der Waals surface area contributed by atoms with Gasteiger partial charge in [0.05, 0.1) is 16.6 Å². The molecule has 1 fully saturated rings. The van der Waals surface area contributed by atoms with Crippen molar-refractivity contribution in [1.82, 2.24) is 19.4 Å². The SMILES string of the molecule is C=CC(=O)N1CCN(c2nc(=O)n(-c3c(C(C)C)cccc3C(C)C)c3c(F)c(-c4c(O)cccc4F)ncc23)C(C)C1. The van der Waals surface area contributed by atoms with E-state index in [1.807, 2.05) is 57.7 Å². The summed E-state index contributed by atoms with van der Waals surface area (Å²) in [6.07, 6.45) is 2.63. The van der Waals surface area contributed by atoms with Crippen LogP contribution in [-0.4, -0.2) is 56.1 Å². The summed E-state index contributed by atoms with van der Waals surface area (Å²) in [6.45, 7) is 14.5. The zero-order valence-electron chi connectivity index (χ0n) is 24.9. The zero-order chi connectivity index (χ0) is 31.2. The Morgan fingerprint density at radius 1 is 1.07 bits per heavy atom. The minimum atomic E-state index is -0.958. The number of hydrogen-bond acceptors (Lipinski definition) is 6. The molecule has 0 radical (unpaired) electrons. The monoisotopic (exact) mass is 587 g/mol. The summed E-state index contributed by atoms with van der Waals surface area (Å²) in [5.41, 5.74) is 0.518. The van der Waals surface area contributed by atoms with Crippen molar-refractivity contribution in [3.8, 4) is 22.7 Å². The lowest BCUT2D eigenvalue weighted by atomic mass is 9.92. The van der Waals surface area contributed by atoms with Crippen molar-refractivity contribution in [2.45, 2.75) is 52.5 Å². The number of carbonyl (C=O) groups is 1. The third-order valence-corrected chi connectivity index (χ3v) is 8.03. The standard InChI is InChI=1S/C33H35F2N5O3/c1-7-26(42)38-14-15-39(20(6)17-38)32-23-16-36-29(27-24(34)12-9-13-25(27)41)28(35)31(23)40(33(43)37-32)30-21(18(2)3)10-8-11-22(30)19(4)5/h7-13,16,18-20,41H,1,14-15,17H2,2-6H3. The van der Waals surface area contributed by atoms with Crippen molar-refractivity contribution < 1.29 is 18.7 Å². The Hall–Kier alpha value is -4.60. The van der Waals surface area contributed by atoms with Crippen LogP contribution >= 0.6 is 0 Å². The van der Waals surface area contributed by atoms with E-state index in [1.54, 1.807) is 4.90 Å². The molecule has 0 spiro atoms. The fraction of sp³-hybridized carbons (Fsp3) is 0.333. The highest BCUT2D eigenvalue weighted by molar-refractivity contribution is 5.94. The number of carbonyl (C=O) groups excluding carboxylic acids is 1. The third kappa shape index (κ3) is 5.15. The number of para-hydroxylation sites is 1. The van der Waals surface area contributed by atoms with Gasteiger partial charge in [0.25, 0.3) is 0 Å². The minimum Gasteiger partial charge on any atom is -0.507 e. The second-order valence-corrected chi connectivity index (χ2v) is 11.5. The number of phenols is 1. The predicted molar refractivity (Wildman–Crippen MR) is 164 cm³/mol. The van der Waals surface area contributed by atoms with E-state index in [-0.39, 0.29) is 40.5 Å². The molecule has 1 aliphatic rings. The number of piperazine rings is 1. The maximum Gasteiger partial charge on any atom is 0.354 e.